The Morgan fingerprint density at radius 3 is 2.76 bits per heavy atom. The highest BCUT2D eigenvalue weighted by molar-refractivity contribution is 6.32. The Labute approximate surface area is 200 Å². The molecule has 0 spiro atoms. The number of hydrogen-bond donors (Lipinski definition) is 1. The van der Waals surface area contributed by atoms with Crippen molar-refractivity contribution in [2.75, 3.05) is 12.4 Å². The number of nitrogens with zero attached hydrogens (tertiary/aromatic N) is 4. The van der Waals surface area contributed by atoms with E-state index < -0.39 is 0 Å². The van der Waals surface area contributed by atoms with E-state index in [0.29, 0.717) is 28.0 Å². The summed E-state index contributed by atoms with van der Waals surface area (Å²) in [5.74, 6) is 1.04. The van der Waals surface area contributed by atoms with Gasteiger partial charge in [-0.3, -0.25) is 9.48 Å². The number of benzene rings is 3. The Hall–Kier alpha value is -4.17. The van der Waals surface area contributed by atoms with E-state index in [9.17, 15) is 4.79 Å². The molecule has 2 heterocycles. The van der Waals surface area contributed by atoms with Crippen LogP contribution in [0.15, 0.2) is 71.3 Å². The first kappa shape index (κ1) is 21.7. The van der Waals surface area contributed by atoms with E-state index in [2.05, 4.69) is 20.6 Å². The second kappa shape index (κ2) is 8.99. The zero-order chi connectivity index (χ0) is 23.7. The van der Waals surface area contributed by atoms with Crippen LogP contribution in [0, 0.1) is 6.92 Å². The van der Waals surface area contributed by atoms with Gasteiger partial charge in [0.1, 0.15) is 12.3 Å². The van der Waals surface area contributed by atoms with Gasteiger partial charge in [-0.1, -0.05) is 58.7 Å². The topological polar surface area (TPSA) is 95.1 Å². The Bertz CT molecular complexity index is 1510. The predicted molar refractivity (Wildman–Crippen MR) is 130 cm³/mol. The van der Waals surface area contributed by atoms with Crippen LogP contribution in [0.2, 0.25) is 5.02 Å². The largest absolute Gasteiger partial charge is 0.495 e. The summed E-state index contributed by atoms with van der Waals surface area (Å²) in [6.45, 7) is 1.99. The smallest absolute Gasteiger partial charge is 0.279 e. The molecule has 0 saturated carbocycles. The number of carbonyl (C=O) groups excluding carboxylic acids is 1. The molecule has 0 bridgehead atoms. The average molecular weight is 474 g/mol. The van der Waals surface area contributed by atoms with E-state index in [-0.39, 0.29) is 18.3 Å². The molecule has 170 valence electrons. The molecule has 2 aromatic heterocycles. The molecular weight excluding hydrogens is 454 g/mol. The Morgan fingerprint density at radius 2 is 1.97 bits per heavy atom. The zero-order valence-corrected chi connectivity index (χ0v) is 19.2. The monoisotopic (exact) mass is 473 g/mol. The van der Waals surface area contributed by atoms with Gasteiger partial charge in [-0.25, -0.2) is 0 Å². The number of anilines is 1. The first-order valence-electron chi connectivity index (χ1n) is 10.5. The molecule has 8 nitrogen and oxygen atoms in total. The zero-order valence-electron chi connectivity index (χ0n) is 18.4. The number of aryl methyl sites for hydroxylation is 1. The van der Waals surface area contributed by atoms with Crippen LogP contribution in [-0.4, -0.2) is 32.9 Å². The quantitative estimate of drug-likeness (QED) is 0.356. The fraction of sp³-hybridized carbons (Fsp3) is 0.120. The van der Waals surface area contributed by atoms with Crippen LogP contribution in [0.25, 0.3) is 33.9 Å². The molecule has 5 aromatic rings. The molecule has 3 aromatic carbocycles. The maximum atomic E-state index is 12.8. The molecule has 0 aliphatic carbocycles. The van der Waals surface area contributed by atoms with Crippen LogP contribution < -0.4 is 10.1 Å². The minimum absolute atomic E-state index is 0.0109. The van der Waals surface area contributed by atoms with Crippen LogP contribution >= 0.6 is 11.6 Å². The average Bonchev–Trinajstić information content (AvgIpc) is 3.45. The summed E-state index contributed by atoms with van der Waals surface area (Å²) in [7, 11) is 1.53. The van der Waals surface area contributed by atoms with Crippen molar-refractivity contribution in [2.24, 2.45) is 0 Å². The van der Waals surface area contributed by atoms with Crippen LogP contribution in [0.1, 0.15) is 5.56 Å². The van der Waals surface area contributed by atoms with Gasteiger partial charge in [0, 0.05) is 16.6 Å². The lowest BCUT2D eigenvalue weighted by Gasteiger charge is -2.08. The number of ether oxygens (including phenoxy) is 1. The predicted octanol–water partition coefficient (Wildman–Crippen LogP) is 5.36. The fourth-order valence-corrected chi connectivity index (χ4v) is 3.97. The summed E-state index contributed by atoms with van der Waals surface area (Å²) >= 11 is 6.16. The molecular formula is C25H20ClN5O3. The Kier molecular flexibility index (Phi) is 5.73. The number of aromatic nitrogens is 4. The van der Waals surface area contributed by atoms with Crippen molar-refractivity contribution in [3.63, 3.8) is 0 Å². The van der Waals surface area contributed by atoms with Gasteiger partial charge in [-0.05, 0) is 37.3 Å². The molecule has 0 atom stereocenters. The van der Waals surface area contributed by atoms with E-state index in [1.165, 1.54) is 7.11 Å². The van der Waals surface area contributed by atoms with Crippen LogP contribution in [-0.2, 0) is 11.3 Å². The number of halogens is 1. The number of methoxy groups -OCH3 is 1. The Morgan fingerprint density at radius 1 is 1.12 bits per heavy atom. The SMILES string of the molecule is COc1ccc(NC(=O)Cn2nc(-c3nc(-c4cccc(C)c4)no3)c3ccccc32)cc1Cl. The minimum Gasteiger partial charge on any atom is -0.495 e. The summed E-state index contributed by atoms with van der Waals surface area (Å²) in [6, 6.07) is 20.5. The van der Waals surface area contributed by atoms with Gasteiger partial charge in [-0.2, -0.15) is 10.1 Å². The third-order valence-electron chi connectivity index (χ3n) is 5.29. The van der Waals surface area contributed by atoms with Gasteiger partial charge in [0.25, 0.3) is 5.89 Å². The molecule has 1 amide bonds. The van der Waals surface area contributed by atoms with E-state index in [0.717, 1.165) is 22.0 Å². The van der Waals surface area contributed by atoms with Gasteiger partial charge in [0.15, 0.2) is 5.69 Å². The molecule has 0 aliphatic rings. The van der Waals surface area contributed by atoms with Gasteiger partial charge in [0.05, 0.1) is 17.6 Å². The number of carbonyl (C=O) groups is 1. The number of amides is 1. The fourth-order valence-electron chi connectivity index (χ4n) is 3.71. The molecule has 0 aliphatic heterocycles. The van der Waals surface area contributed by atoms with Crippen molar-refractivity contribution in [1.29, 1.82) is 0 Å². The number of rotatable bonds is 6. The van der Waals surface area contributed by atoms with E-state index in [4.69, 9.17) is 20.9 Å². The van der Waals surface area contributed by atoms with E-state index in [1.807, 2.05) is 55.5 Å². The van der Waals surface area contributed by atoms with E-state index in [1.54, 1.807) is 22.9 Å². The van der Waals surface area contributed by atoms with Crippen LogP contribution in [0.4, 0.5) is 5.69 Å². The van der Waals surface area contributed by atoms with Gasteiger partial charge in [-0.15, -0.1) is 0 Å². The molecule has 0 unspecified atom stereocenters. The van der Waals surface area contributed by atoms with Crippen molar-refractivity contribution >= 4 is 34.1 Å². The van der Waals surface area contributed by atoms with Crippen molar-refractivity contribution < 1.29 is 14.1 Å². The molecule has 5 rings (SSSR count). The highest BCUT2D eigenvalue weighted by Gasteiger charge is 2.20. The maximum absolute atomic E-state index is 12.8. The second-order valence-electron chi connectivity index (χ2n) is 7.71. The molecule has 0 fully saturated rings. The normalized spacial score (nSPS) is 11.0. The molecule has 0 saturated heterocycles. The summed E-state index contributed by atoms with van der Waals surface area (Å²) in [5.41, 5.74) is 3.81. The third-order valence-corrected chi connectivity index (χ3v) is 5.59. The molecule has 34 heavy (non-hydrogen) atoms. The van der Waals surface area contributed by atoms with E-state index >= 15 is 0 Å². The van der Waals surface area contributed by atoms with Crippen molar-refractivity contribution in [1.82, 2.24) is 19.9 Å². The lowest BCUT2D eigenvalue weighted by molar-refractivity contribution is -0.116. The Balaban J connectivity index is 1.43. The summed E-state index contributed by atoms with van der Waals surface area (Å²) < 4.78 is 12.3. The third kappa shape index (κ3) is 4.23. The highest BCUT2D eigenvalue weighted by atomic mass is 35.5. The molecule has 1 N–H and O–H groups in total. The van der Waals surface area contributed by atoms with Crippen molar-refractivity contribution in [3.05, 3.63) is 77.3 Å². The van der Waals surface area contributed by atoms with Gasteiger partial charge >= 0.3 is 0 Å². The van der Waals surface area contributed by atoms with Crippen molar-refractivity contribution in [3.8, 4) is 28.7 Å². The second-order valence-corrected chi connectivity index (χ2v) is 8.12. The van der Waals surface area contributed by atoms with Crippen LogP contribution in [0.3, 0.4) is 0 Å². The standard InChI is InChI=1S/C25H20ClN5O3/c1-15-6-5-7-16(12-15)24-28-25(34-30-24)23-18-8-3-4-9-20(18)31(29-23)14-22(32)27-17-10-11-21(33-2)19(26)13-17/h3-13H,14H2,1-2H3,(H,27,32). The van der Waals surface area contributed by atoms with Crippen molar-refractivity contribution in [2.45, 2.75) is 13.5 Å². The first-order valence-corrected chi connectivity index (χ1v) is 10.9. The highest BCUT2D eigenvalue weighted by Crippen LogP contribution is 2.29. The summed E-state index contributed by atoms with van der Waals surface area (Å²) in [5, 5.41) is 12.8. The van der Waals surface area contributed by atoms with Crippen LogP contribution in [0.5, 0.6) is 5.75 Å². The summed E-state index contributed by atoms with van der Waals surface area (Å²) in [4.78, 5) is 17.3. The lowest BCUT2D eigenvalue weighted by Crippen LogP contribution is -2.19. The number of hydrogen-bond acceptors (Lipinski definition) is 6. The lowest BCUT2D eigenvalue weighted by atomic mass is 10.1. The summed E-state index contributed by atoms with van der Waals surface area (Å²) in [6.07, 6.45) is 0. The molecule has 0 radical (unpaired) electrons. The van der Waals surface area contributed by atoms with Gasteiger partial charge in [0.2, 0.25) is 11.7 Å². The first-order chi connectivity index (χ1) is 16.5. The maximum Gasteiger partial charge on any atom is 0.279 e. The minimum atomic E-state index is -0.257. The number of nitrogens with one attached hydrogen (secondary N) is 1. The number of fused-ring (bicyclic) bond motifs is 1. The van der Waals surface area contributed by atoms with Gasteiger partial charge < -0.3 is 14.6 Å². The number of para-hydroxylation sites is 1. The molecule has 9 heteroatoms.